The van der Waals surface area contributed by atoms with Crippen LogP contribution in [0.15, 0.2) is 30.3 Å². The summed E-state index contributed by atoms with van der Waals surface area (Å²) in [7, 11) is 0. The molecule has 0 heterocycles. The second kappa shape index (κ2) is 6.28. The highest BCUT2D eigenvalue weighted by Crippen LogP contribution is 2.26. The van der Waals surface area contributed by atoms with Crippen molar-refractivity contribution in [2.45, 2.75) is 26.3 Å². The molecule has 1 unspecified atom stereocenters. The highest BCUT2D eigenvalue weighted by molar-refractivity contribution is 5.35. The van der Waals surface area contributed by atoms with Crippen LogP contribution in [-0.4, -0.2) is 0 Å². The fourth-order valence-electron chi connectivity index (χ4n) is 2.58. The third-order valence-electron chi connectivity index (χ3n) is 3.39. The summed E-state index contributed by atoms with van der Waals surface area (Å²) in [6.07, 6.45) is 0.187. The molecular formula is C16H17F3N2. The summed E-state index contributed by atoms with van der Waals surface area (Å²) in [6.45, 7) is 3.58. The molecule has 3 N–H and O–H groups in total. The molecule has 0 fully saturated rings. The zero-order valence-corrected chi connectivity index (χ0v) is 11.9. The number of rotatable bonds is 4. The Morgan fingerprint density at radius 1 is 1.00 bits per heavy atom. The first-order chi connectivity index (χ1) is 9.90. The molecule has 0 spiro atoms. The average molecular weight is 294 g/mol. The van der Waals surface area contributed by atoms with Gasteiger partial charge in [-0.05, 0) is 55.2 Å². The SMILES string of the molecule is Cc1cc(C)c(C(Cc2cc(F)cc(F)c2)NN)c(F)c1. The minimum Gasteiger partial charge on any atom is -0.271 e. The largest absolute Gasteiger partial charge is 0.271 e. The molecule has 0 radical (unpaired) electrons. The molecular weight excluding hydrogens is 277 g/mol. The predicted molar refractivity (Wildman–Crippen MR) is 76.0 cm³/mol. The zero-order valence-electron chi connectivity index (χ0n) is 11.9. The van der Waals surface area contributed by atoms with Gasteiger partial charge in [-0.3, -0.25) is 11.3 Å². The first-order valence-electron chi connectivity index (χ1n) is 6.58. The van der Waals surface area contributed by atoms with Gasteiger partial charge in [-0.1, -0.05) is 6.07 Å². The number of benzene rings is 2. The van der Waals surface area contributed by atoms with Gasteiger partial charge in [-0.2, -0.15) is 0 Å². The van der Waals surface area contributed by atoms with E-state index in [0.29, 0.717) is 11.1 Å². The molecule has 5 heteroatoms. The lowest BCUT2D eigenvalue weighted by atomic mass is 9.94. The fourth-order valence-corrected chi connectivity index (χ4v) is 2.58. The smallest absolute Gasteiger partial charge is 0.128 e. The molecule has 0 saturated carbocycles. The number of hydrazine groups is 1. The Morgan fingerprint density at radius 2 is 1.62 bits per heavy atom. The summed E-state index contributed by atoms with van der Waals surface area (Å²) in [5.74, 6) is 3.79. The number of halogens is 3. The van der Waals surface area contributed by atoms with Crippen LogP contribution >= 0.6 is 0 Å². The van der Waals surface area contributed by atoms with Crippen molar-refractivity contribution >= 4 is 0 Å². The topological polar surface area (TPSA) is 38.0 Å². The molecule has 2 nitrogen and oxygen atoms in total. The second-order valence-corrected chi connectivity index (χ2v) is 5.18. The van der Waals surface area contributed by atoms with Gasteiger partial charge in [0.2, 0.25) is 0 Å². The van der Waals surface area contributed by atoms with Crippen molar-refractivity contribution in [3.63, 3.8) is 0 Å². The molecule has 2 rings (SSSR count). The van der Waals surface area contributed by atoms with Gasteiger partial charge in [0.1, 0.15) is 17.5 Å². The van der Waals surface area contributed by atoms with Gasteiger partial charge in [-0.15, -0.1) is 0 Å². The number of hydrogen-bond acceptors (Lipinski definition) is 2. The van der Waals surface area contributed by atoms with Gasteiger partial charge in [0.05, 0.1) is 6.04 Å². The highest BCUT2D eigenvalue weighted by atomic mass is 19.1. The van der Waals surface area contributed by atoms with E-state index in [-0.39, 0.29) is 12.2 Å². The van der Waals surface area contributed by atoms with E-state index in [2.05, 4.69) is 5.43 Å². The molecule has 0 aliphatic carbocycles. The Morgan fingerprint density at radius 3 is 2.14 bits per heavy atom. The normalized spacial score (nSPS) is 12.5. The molecule has 21 heavy (non-hydrogen) atoms. The minimum absolute atomic E-state index is 0.187. The van der Waals surface area contributed by atoms with E-state index in [1.54, 1.807) is 13.8 Å². The Balaban J connectivity index is 2.36. The van der Waals surface area contributed by atoms with Gasteiger partial charge in [-0.25, -0.2) is 13.2 Å². The predicted octanol–water partition coefficient (Wildman–Crippen LogP) is 3.47. The fraction of sp³-hybridized carbons (Fsp3) is 0.250. The van der Waals surface area contributed by atoms with Crippen LogP contribution in [0.2, 0.25) is 0 Å². The molecule has 0 amide bonds. The number of nitrogens with two attached hydrogens (primary N) is 1. The Kier molecular flexibility index (Phi) is 4.65. The molecule has 2 aromatic rings. The van der Waals surface area contributed by atoms with Crippen molar-refractivity contribution in [3.8, 4) is 0 Å². The van der Waals surface area contributed by atoms with Gasteiger partial charge >= 0.3 is 0 Å². The number of hydrogen-bond donors (Lipinski definition) is 2. The van der Waals surface area contributed by atoms with E-state index >= 15 is 0 Å². The Bertz CT molecular complexity index is 613. The molecule has 112 valence electrons. The standard InChI is InChI=1S/C16H17F3N2/c1-9-3-10(2)16(14(19)4-9)15(21-20)7-11-5-12(17)8-13(18)6-11/h3-6,8,15,21H,7,20H2,1-2H3. The third-order valence-corrected chi connectivity index (χ3v) is 3.39. The Hall–Kier alpha value is -1.85. The van der Waals surface area contributed by atoms with Crippen LogP contribution < -0.4 is 11.3 Å². The highest BCUT2D eigenvalue weighted by Gasteiger charge is 2.18. The van der Waals surface area contributed by atoms with Crippen LogP contribution in [0.3, 0.4) is 0 Å². The van der Waals surface area contributed by atoms with Gasteiger partial charge < -0.3 is 0 Å². The second-order valence-electron chi connectivity index (χ2n) is 5.18. The number of aryl methyl sites for hydroxylation is 2. The average Bonchev–Trinajstić information content (AvgIpc) is 2.35. The lowest BCUT2D eigenvalue weighted by molar-refractivity contribution is 0.503. The Labute approximate surface area is 121 Å². The summed E-state index contributed by atoms with van der Waals surface area (Å²) in [6, 6.07) is 5.93. The monoisotopic (exact) mass is 294 g/mol. The molecule has 0 aliphatic rings. The third kappa shape index (κ3) is 3.62. The first kappa shape index (κ1) is 15.5. The van der Waals surface area contributed by atoms with E-state index in [0.717, 1.165) is 17.2 Å². The van der Waals surface area contributed by atoms with Crippen LogP contribution in [0.25, 0.3) is 0 Å². The van der Waals surface area contributed by atoms with E-state index in [1.807, 2.05) is 6.07 Å². The maximum Gasteiger partial charge on any atom is 0.128 e. The van der Waals surface area contributed by atoms with E-state index in [4.69, 9.17) is 5.84 Å². The van der Waals surface area contributed by atoms with Gasteiger partial charge in [0, 0.05) is 11.6 Å². The van der Waals surface area contributed by atoms with E-state index in [1.165, 1.54) is 18.2 Å². The summed E-state index contributed by atoms with van der Waals surface area (Å²) in [5.41, 5.74) is 4.89. The van der Waals surface area contributed by atoms with Crippen molar-refractivity contribution in [2.75, 3.05) is 0 Å². The molecule has 0 bridgehead atoms. The lowest BCUT2D eigenvalue weighted by Gasteiger charge is -2.20. The van der Waals surface area contributed by atoms with Crippen LogP contribution in [0.5, 0.6) is 0 Å². The van der Waals surface area contributed by atoms with E-state index in [9.17, 15) is 13.2 Å². The molecule has 2 aromatic carbocycles. The summed E-state index contributed by atoms with van der Waals surface area (Å²) in [4.78, 5) is 0. The van der Waals surface area contributed by atoms with Crippen molar-refractivity contribution in [3.05, 3.63) is 70.0 Å². The quantitative estimate of drug-likeness (QED) is 0.669. The first-order valence-corrected chi connectivity index (χ1v) is 6.58. The zero-order chi connectivity index (χ0) is 15.6. The van der Waals surface area contributed by atoms with Crippen LogP contribution in [0.4, 0.5) is 13.2 Å². The summed E-state index contributed by atoms with van der Waals surface area (Å²) >= 11 is 0. The van der Waals surface area contributed by atoms with Crippen molar-refractivity contribution in [2.24, 2.45) is 5.84 Å². The minimum atomic E-state index is -0.665. The lowest BCUT2D eigenvalue weighted by Crippen LogP contribution is -2.31. The molecule has 0 saturated heterocycles. The summed E-state index contributed by atoms with van der Waals surface area (Å²) in [5, 5.41) is 0. The van der Waals surface area contributed by atoms with Crippen LogP contribution in [-0.2, 0) is 6.42 Å². The van der Waals surface area contributed by atoms with Gasteiger partial charge in [0.15, 0.2) is 0 Å². The molecule has 0 aliphatic heterocycles. The van der Waals surface area contributed by atoms with Crippen molar-refractivity contribution < 1.29 is 13.2 Å². The maximum atomic E-state index is 14.2. The van der Waals surface area contributed by atoms with Gasteiger partial charge in [0.25, 0.3) is 0 Å². The molecule has 1 atom stereocenters. The molecule has 0 aromatic heterocycles. The van der Waals surface area contributed by atoms with Crippen molar-refractivity contribution in [1.29, 1.82) is 0 Å². The van der Waals surface area contributed by atoms with Crippen LogP contribution in [0.1, 0.15) is 28.3 Å². The summed E-state index contributed by atoms with van der Waals surface area (Å²) < 4.78 is 40.6. The van der Waals surface area contributed by atoms with Crippen LogP contribution in [0, 0.1) is 31.3 Å². The van der Waals surface area contributed by atoms with E-state index < -0.39 is 17.7 Å². The maximum absolute atomic E-state index is 14.2. The number of nitrogens with one attached hydrogen (secondary N) is 1. The van der Waals surface area contributed by atoms with Crippen molar-refractivity contribution in [1.82, 2.24) is 5.43 Å².